The molecule has 0 radical (unpaired) electrons. The van der Waals surface area contributed by atoms with E-state index in [1.54, 1.807) is 6.07 Å². The molecular weight excluding hydrogens is 312 g/mol. The number of benzene rings is 1. The quantitative estimate of drug-likeness (QED) is 0.782. The Morgan fingerprint density at radius 1 is 1.33 bits per heavy atom. The first-order valence-corrected chi connectivity index (χ1v) is 7.22. The summed E-state index contributed by atoms with van der Waals surface area (Å²) in [6, 6.07) is 4.97. The molecule has 1 aromatic carbocycles. The average molecular weight is 324 g/mol. The third-order valence-electron chi connectivity index (χ3n) is 2.59. The summed E-state index contributed by atoms with van der Waals surface area (Å²) in [5, 5.41) is 8.43. The van der Waals surface area contributed by atoms with E-state index in [1.165, 1.54) is 19.1 Å². The van der Waals surface area contributed by atoms with Crippen molar-refractivity contribution in [1.29, 1.82) is 5.26 Å². The van der Waals surface area contributed by atoms with E-state index in [9.17, 15) is 26.0 Å². The van der Waals surface area contributed by atoms with Gasteiger partial charge in [-0.3, -0.25) is 0 Å². The summed E-state index contributed by atoms with van der Waals surface area (Å²) in [5.41, 5.74) is -0.000804. The van der Waals surface area contributed by atoms with Crippen molar-refractivity contribution >= 4 is 10.0 Å². The zero-order valence-corrected chi connectivity index (χ0v) is 11.8. The zero-order chi connectivity index (χ0) is 16.3. The first-order valence-electron chi connectivity index (χ1n) is 5.78. The van der Waals surface area contributed by atoms with Gasteiger partial charge < -0.3 is 0 Å². The van der Waals surface area contributed by atoms with E-state index in [0.717, 1.165) is 6.07 Å². The van der Waals surface area contributed by atoms with Crippen LogP contribution in [0.5, 0.6) is 0 Å². The molecular formula is C12H12F4N2O2S. The van der Waals surface area contributed by atoms with Crippen LogP contribution >= 0.6 is 0 Å². The summed E-state index contributed by atoms with van der Waals surface area (Å²) in [5.74, 6) is -1.13. The van der Waals surface area contributed by atoms with Crippen LogP contribution in [0, 0.1) is 24.1 Å². The summed E-state index contributed by atoms with van der Waals surface area (Å²) in [6.07, 6.45) is -5.22. The van der Waals surface area contributed by atoms with Crippen LogP contribution in [0.4, 0.5) is 17.6 Å². The third-order valence-corrected chi connectivity index (χ3v) is 4.61. The predicted molar refractivity (Wildman–Crippen MR) is 66.2 cm³/mol. The van der Waals surface area contributed by atoms with Crippen LogP contribution in [0.25, 0.3) is 0 Å². The number of rotatable bonds is 5. The third kappa shape index (κ3) is 4.41. The minimum atomic E-state index is -4.79. The maximum atomic E-state index is 13.7. The molecule has 116 valence electrons. The van der Waals surface area contributed by atoms with Gasteiger partial charge in [0.15, 0.2) is 0 Å². The highest BCUT2D eigenvalue weighted by molar-refractivity contribution is 7.89. The van der Waals surface area contributed by atoms with Gasteiger partial charge in [0, 0.05) is 13.0 Å². The molecule has 4 nitrogen and oxygen atoms in total. The van der Waals surface area contributed by atoms with Crippen molar-refractivity contribution in [3.05, 3.63) is 29.6 Å². The van der Waals surface area contributed by atoms with Gasteiger partial charge in [-0.1, -0.05) is 12.1 Å². The van der Waals surface area contributed by atoms with Crippen molar-refractivity contribution in [2.45, 2.75) is 24.4 Å². The highest BCUT2D eigenvalue weighted by atomic mass is 32.2. The van der Waals surface area contributed by atoms with Gasteiger partial charge in [-0.15, -0.1) is 0 Å². The number of nitriles is 1. The van der Waals surface area contributed by atoms with Crippen molar-refractivity contribution in [3.63, 3.8) is 0 Å². The first kappa shape index (κ1) is 17.4. The van der Waals surface area contributed by atoms with Crippen LogP contribution in [-0.2, 0) is 10.0 Å². The molecule has 0 bridgehead atoms. The van der Waals surface area contributed by atoms with Gasteiger partial charge in [0.05, 0.1) is 6.07 Å². The van der Waals surface area contributed by atoms with Crippen LogP contribution in [0.2, 0.25) is 0 Å². The molecule has 0 fully saturated rings. The highest BCUT2D eigenvalue weighted by Crippen LogP contribution is 2.26. The Hall–Kier alpha value is -1.66. The van der Waals surface area contributed by atoms with Crippen molar-refractivity contribution in [3.8, 4) is 6.07 Å². The van der Waals surface area contributed by atoms with E-state index in [-0.39, 0.29) is 9.87 Å². The van der Waals surface area contributed by atoms with E-state index in [1.807, 2.05) is 0 Å². The number of alkyl halides is 3. The van der Waals surface area contributed by atoms with Gasteiger partial charge in [-0.25, -0.2) is 12.8 Å². The van der Waals surface area contributed by atoms with Crippen LogP contribution in [0.3, 0.4) is 0 Å². The molecule has 0 unspecified atom stereocenters. The first-order chi connectivity index (χ1) is 9.59. The molecule has 0 spiro atoms. The van der Waals surface area contributed by atoms with Crippen molar-refractivity contribution in [2.24, 2.45) is 0 Å². The lowest BCUT2D eigenvalue weighted by Gasteiger charge is -2.23. The van der Waals surface area contributed by atoms with Gasteiger partial charge >= 0.3 is 6.18 Å². The largest absolute Gasteiger partial charge is 0.402 e. The Bertz CT molecular complexity index is 630. The summed E-state index contributed by atoms with van der Waals surface area (Å²) in [7, 11) is -4.68. The summed E-state index contributed by atoms with van der Waals surface area (Å²) >= 11 is 0. The van der Waals surface area contributed by atoms with Crippen LogP contribution in [0.1, 0.15) is 12.0 Å². The zero-order valence-electron chi connectivity index (χ0n) is 11.0. The molecule has 0 aliphatic heterocycles. The SMILES string of the molecule is Cc1cccc(F)c1S(=O)(=O)N(CCC#N)CC(F)(F)F. The molecule has 1 rings (SSSR count). The lowest BCUT2D eigenvalue weighted by Crippen LogP contribution is -2.40. The number of sulfonamides is 1. The number of hydrogen-bond donors (Lipinski definition) is 0. The molecule has 0 saturated heterocycles. The number of nitrogens with zero attached hydrogens (tertiary/aromatic N) is 2. The molecule has 0 saturated carbocycles. The monoisotopic (exact) mass is 324 g/mol. The summed E-state index contributed by atoms with van der Waals surface area (Å²) in [6.45, 7) is -1.15. The Balaban J connectivity index is 3.30. The highest BCUT2D eigenvalue weighted by Gasteiger charge is 2.38. The van der Waals surface area contributed by atoms with Gasteiger partial charge in [0.1, 0.15) is 17.3 Å². The molecule has 0 aliphatic carbocycles. The maximum Gasteiger partial charge on any atom is 0.402 e. The summed E-state index contributed by atoms with van der Waals surface area (Å²) < 4.78 is 75.7. The van der Waals surface area contributed by atoms with Crippen LogP contribution < -0.4 is 0 Å². The van der Waals surface area contributed by atoms with Gasteiger partial charge in [-0.2, -0.15) is 22.7 Å². The Kier molecular flexibility index (Phi) is 5.31. The minimum absolute atomic E-state index is 0.000804. The molecule has 0 N–H and O–H groups in total. The Morgan fingerprint density at radius 3 is 2.43 bits per heavy atom. The fourth-order valence-electron chi connectivity index (χ4n) is 1.73. The van der Waals surface area contributed by atoms with Crippen LogP contribution in [-0.4, -0.2) is 32.0 Å². The molecule has 0 aromatic heterocycles. The second-order valence-corrected chi connectivity index (χ2v) is 6.12. The normalized spacial score (nSPS) is 12.4. The van der Waals surface area contributed by atoms with Crippen molar-refractivity contribution in [2.75, 3.05) is 13.1 Å². The fourth-order valence-corrected chi connectivity index (χ4v) is 3.43. The van der Waals surface area contributed by atoms with E-state index in [4.69, 9.17) is 5.26 Å². The maximum absolute atomic E-state index is 13.7. The second kappa shape index (κ2) is 6.41. The molecule has 1 aromatic rings. The lowest BCUT2D eigenvalue weighted by atomic mass is 10.2. The van der Waals surface area contributed by atoms with Crippen molar-refractivity contribution < 1.29 is 26.0 Å². The standard InChI is InChI=1S/C12H12F4N2O2S/c1-9-4-2-5-10(13)11(9)21(19,20)18(7-3-6-17)8-12(14,15)16/h2,4-5H,3,7-8H2,1H3. The minimum Gasteiger partial charge on any atom is -0.207 e. The topological polar surface area (TPSA) is 61.2 Å². The number of aryl methyl sites for hydroxylation is 1. The predicted octanol–water partition coefficient (Wildman–Crippen LogP) is 2.60. The average Bonchev–Trinajstić information content (AvgIpc) is 2.32. The Morgan fingerprint density at radius 2 is 1.95 bits per heavy atom. The van der Waals surface area contributed by atoms with E-state index < -0.39 is 46.4 Å². The van der Waals surface area contributed by atoms with Crippen molar-refractivity contribution in [1.82, 2.24) is 4.31 Å². The number of hydrogen-bond acceptors (Lipinski definition) is 3. The molecule has 21 heavy (non-hydrogen) atoms. The molecule has 0 atom stereocenters. The molecule has 0 aliphatic rings. The number of halogens is 4. The van der Waals surface area contributed by atoms with E-state index >= 15 is 0 Å². The summed E-state index contributed by atoms with van der Waals surface area (Å²) in [4.78, 5) is -0.799. The van der Waals surface area contributed by atoms with E-state index in [2.05, 4.69) is 0 Å². The second-order valence-electron chi connectivity index (χ2n) is 4.25. The van der Waals surface area contributed by atoms with Gasteiger partial charge in [0.2, 0.25) is 10.0 Å². The lowest BCUT2D eigenvalue weighted by molar-refractivity contribution is -0.136. The fraction of sp³-hybridized carbons (Fsp3) is 0.417. The van der Waals surface area contributed by atoms with E-state index in [0.29, 0.717) is 0 Å². The molecule has 9 heteroatoms. The van der Waals surface area contributed by atoms with Gasteiger partial charge in [-0.05, 0) is 18.6 Å². The molecule has 0 heterocycles. The van der Waals surface area contributed by atoms with Crippen LogP contribution in [0.15, 0.2) is 23.1 Å². The molecule has 0 amide bonds. The smallest absolute Gasteiger partial charge is 0.207 e. The van der Waals surface area contributed by atoms with Gasteiger partial charge in [0.25, 0.3) is 0 Å². The Labute approximate surface area is 119 Å².